The van der Waals surface area contributed by atoms with E-state index in [2.05, 4.69) is 66.0 Å². The van der Waals surface area contributed by atoms with Crippen molar-refractivity contribution in [2.75, 3.05) is 5.32 Å². The van der Waals surface area contributed by atoms with Gasteiger partial charge in [-0.25, -0.2) is 4.79 Å². The Labute approximate surface area is 152 Å². The molecule has 0 amide bonds. The number of rotatable bonds is 2. The number of anilines is 1. The van der Waals surface area contributed by atoms with Gasteiger partial charge in [0.2, 0.25) is 0 Å². The first-order chi connectivity index (χ1) is 12.7. The van der Waals surface area contributed by atoms with Crippen LogP contribution in [0.1, 0.15) is 39.9 Å². The van der Waals surface area contributed by atoms with Gasteiger partial charge in [-0.15, -0.1) is 0 Å². The lowest BCUT2D eigenvalue weighted by Crippen LogP contribution is -2.30. The molecule has 0 unspecified atom stereocenters. The molecule has 0 aromatic heterocycles. The number of benzene rings is 3. The zero-order valence-electron chi connectivity index (χ0n) is 14.2. The van der Waals surface area contributed by atoms with Crippen molar-refractivity contribution in [3.8, 4) is 0 Å². The molecule has 128 valence electrons. The lowest BCUT2D eigenvalue weighted by atomic mass is 9.75. The van der Waals surface area contributed by atoms with E-state index >= 15 is 0 Å². The minimum Gasteiger partial charge on any atom is -0.478 e. The number of nitrogens with one attached hydrogen (secondary N) is 1. The van der Waals surface area contributed by atoms with Crippen molar-refractivity contribution in [2.45, 2.75) is 18.4 Å². The van der Waals surface area contributed by atoms with Crippen molar-refractivity contribution >= 4 is 22.4 Å². The lowest BCUT2D eigenvalue weighted by molar-refractivity contribution is 0.0697. The van der Waals surface area contributed by atoms with E-state index in [1.54, 1.807) is 6.07 Å². The first-order valence-electron chi connectivity index (χ1n) is 9.01. The topological polar surface area (TPSA) is 49.3 Å². The summed E-state index contributed by atoms with van der Waals surface area (Å²) in [6.07, 6.45) is 5.48. The Morgan fingerprint density at radius 2 is 1.73 bits per heavy atom. The van der Waals surface area contributed by atoms with Crippen molar-refractivity contribution in [1.82, 2.24) is 0 Å². The van der Waals surface area contributed by atoms with Gasteiger partial charge in [-0.3, -0.25) is 0 Å². The molecular weight excluding hydrogens is 322 g/mol. The van der Waals surface area contributed by atoms with Crippen LogP contribution in [-0.2, 0) is 0 Å². The average Bonchev–Trinajstić information content (AvgIpc) is 3.16. The van der Waals surface area contributed by atoms with Gasteiger partial charge in [0.1, 0.15) is 0 Å². The summed E-state index contributed by atoms with van der Waals surface area (Å²) in [5, 5.41) is 15.7. The van der Waals surface area contributed by atoms with Gasteiger partial charge in [0.05, 0.1) is 17.3 Å². The van der Waals surface area contributed by atoms with Crippen LogP contribution in [0.5, 0.6) is 0 Å². The van der Waals surface area contributed by atoms with Gasteiger partial charge >= 0.3 is 5.97 Å². The Kier molecular flexibility index (Phi) is 3.35. The molecule has 0 radical (unpaired) electrons. The number of carbonyl (C=O) groups is 1. The minimum absolute atomic E-state index is 0.0918. The second kappa shape index (κ2) is 5.73. The fourth-order valence-corrected chi connectivity index (χ4v) is 4.63. The van der Waals surface area contributed by atoms with Crippen LogP contribution in [0.3, 0.4) is 0 Å². The van der Waals surface area contributed by atoms with Gasteiger partial charge in [0.25, 0.3) is 0 Å². The highest BCUT2D eigenvalue weighted by Crippen LogP contribution is 2.51. The second-order valence-corrected chi connectivity index (χ2v) is 7.12. The second-order valence-electron chi connectivity index (χ2n) is 7.12. The number of aromatic carboxylic acids is 1. The van der Waals surface area contributed by atoms with Gasteiger partial charge in [-0.05, 0) is 40.3 Å². The van der Waals surface area contributed by atoms with Gasteiger partial charge in [0.15, 0.2) is 0 Å². The van der Waals surface area contributed by atoms with Crippen LogP contribution in [-0.4, -0.2) is 11.1 Å². The maximum atomic E-state index is 11.8. The average molecular weight is 341 g/mol. The van der Waals surface area contributed by atoms with Crippen molar-refractivity contribution in [3.05, 3.63) is 89.5 Å². The molecule has 1 aliphatic heterocycles. The summed E-state index contributed by atoms with van der Waals surface area (Å²) < 4.78 is 0. The standard InChI is InChI=1S/C23H19NO2/c25-23(26)20-13-5-12-19-16-9-4-11-18(16)21(24-22(19)20)17-10-3-7-14-6-1-2-8-15(14)17/h1-10,12-13,16,18,21,24H,11H2,(H,25,26)/t16-,18+,21-/m0/s1. The van der Waals surface area contributed by atoms with Gasteiger partial charge < -0.3 is 10.4 Å². The number of allylic oxidation sites excluding steroid dienone is 2. The van der Waals surface area contributed by atoms with E-state index in [0.717, 1.165) is 17.7 Å². The molecule has 3 nitrogen and oxygen atoms in total. The van der Waals surface area contributed by atoms with Crippen LogP contribution in [0, 0.1) is 5.92 Å². The number of para-hydroxylation sites is 1. The number of carboxylic acid groups (broad SMARTS) is 1. The zero-order chi connectivity index (χ0) is 17.7. The SMILES string of the molecule is O=C(O)c1cccc2c1N[C@@H](c1cccc3ccccc13)[C@@H]1CC=C[C@H]21. The van der Waals surface area contributed by atoms with Crippen molar-refractivity contribution in [3.63, 3.8) is 0 Å². The van der Waals surface area contributed by atoms with E-state index in [1.165, 1.54) is 16.3 Å². The highest BCUT2D eigenvalue weighted by molar-refractivity contribution is 5.96. The van der Waals surface area contributed by atoms with Crippen molar-refractivity contribution < 1.29 is 9.90 Å². The largest absolute Gasteiger partial charge is 0.478 e. The van der Waals surface area contributed by atoms with Crippen LogP contribution in [0.4, 0.5) is 5.69 Å². The molecule has 3 aromatic rings. The normalized spacial score (nSPS) is 23.3. The molecular formula is C23H19NO2. The molecule has 26 heavy (non-hydrogen) atoms. The fraction of sp³-hybridized carbons (Fsp3) is 0.174. The summed E-state index contributed by atoms with van der Waals surface area (Å²) in [6, 6.07) is 20.5. The minimum atomic E-state index is -0.883. The van der Waals surface area contributed by atoms with Crippen LogP contribution in [0.2, 0.25) is 0 Å². The maximum absolute atomic E-state index is 11.8. The van der Waals surface area contributed by atoms with Crippen LogP contribution in [0.25, 0.3) is 10.8 Å². The summed E-state index contributed by atoms with van der Waals surface area (Å²) >= 11 is 0. The van der Waals surface area contributed by atoms with E-state index in [4.69, 9.17) is 0 Å². The molecule has 3 heteroatoms. The van der Waals surface area contributed by atoms with Gasteiger partial charge in [0, 0.05) is 5.92 Å². The third-order valence-corrected chi connectivity index (χ3v) is 5.79. The van der Waals surface area contributed by atoms with Crippen molar-refractivity contribution in [2.24, 2.45) is 5.92 Å². The predicted octanol–water partition coefficient (Wildman–Crippen LogP) is 5.36. The third kappa shape index (κ3) is 2.17. The van der Waals surface area contributed by atoms with Gasteiger partial charge in [-0.1, -0.05) is 66.7 Å². The van der Waals surface area contributed by atoms with E-state index in [-0.39, 0.29) is 12.0 Å². The summed E-state index contributed by atoms with van der Waals surface area (Å²) in [5.41, 5.74) is 3.46. The molecule has 3 atom stereocenters. The van der Waals surface area contributed by atoms with E-state index < -0.39 is 5.97 Å². The molecule has 0 fully saturated rings. The molecule has 0 spiro atoms. The first kappa shape index (κ1) is 15.2. The summed E-state index contributed by atoms with van der Waals surface area (Å²) in [7, 11) is 0. The van der Waals surface area contributed by atoms with E-state index in [0.29, 0.717) is 11.5 Å². The number of fused-ring (bicyclic) bond motifs is 4. The molecule has 1 aliphatic carbocycles. The molecule has 5 rings (SSSR count). The Morgan fingerprint density at radius 3 is 2.62 bits per heavy atom. The van der Waals surface area contributed by atoms with Crippen LogP contribution < -0.4 is 5.32 Å². The first-order valence-corrected chi connectivity index (χ1v) is 9.01. The van der Waals surface area contributed by atoms with Crippen LogP contribution >= 0.6 is 0 Å². The molecule has 0 saturated heterocycles. The molecule has 2 aliphatic rings. The number of carboxylic acids is 1. The zero-order valence-corrected chi connectivity index (χ0v) is 14.2. The number of hydrogen-bond donors (Lipinski definition) is 2. The lowest BCUT2D eigenvalue weighted by Gasteiger charge is -2.38. The van der Waals surface area contributed by atoms with E-state index in [9.17, 15) is 9.90 Å². The molecule has 1 heterocycles. The third-order valence-electron chi connectivity index (χ3n) is 5.79. The summed E-state index contributed by atoms with van der Waals surface area (Å²) in [4.78, 5) is 11.8. The van der Waals surface area contributed by atoms with Crippen LogP contribution in [0.15, 0.2) is 72.8 Å². The van der Waals surface area contributed by atoms with Crippen molar-refractivity contribution in [1.29, 1.82) is 0 Å². The monoisotopic (exact) mass is 341 g/mol. The Morgan fingerprint density at radius 1 is 0.962 bits per heavy atom. The van der Waals surface area contributed by atoms with E-state index in [1.807, 2.05) is 6.07 Å². The predicted molar refractivity (Wildman–Crippen MR) is 104 cm³/mol. The Hall–Kier alpha value is -3.07. The molecule has 2 N–H and O–H groups in total. The van der Waals surface area contributed by atoms with Gasteiger partial charge in [-0.2, -0.15) is 0 Å². The molecule has 0 bridgehead atoms. The molecule has 3 aromatic carbocycles. The smallest absolute Gasteiger partial charge is 0.337 e. The highest BCUT2D eigenvalue weighted by Gasteiger charge is 2.39. The maximum Gasteiger partial charge on any atom is 0.337 e. The Balaban J connectivity index is 1.71. The Bertz CT molecular complexity index is 1050. The highest BCUT2D eigenvalue weighted by atomic mass is 16.4. The quantitative estimate of drug-likeness (QED) is 0.617. The molecule has 0 saturated carbocycles. The summed E-state index contributed by atoms with van der Waals surface area (Å²) in [5.74, 6) is -0.224. The summed E-state index contributed by atoms with van der Waals surface area (Å²) in [6.45, 7) is 0. The number of hydrogen-bond acceptors (Lipinski definition) is 2. The fourth-order valence-electron chi connectivity index (χ4n) is 4.63.